The van der Waals surface area contributed by atoms with Gasteiger partial charge in [-0.25, -0.2) is 9.78 Å². The van der Waals surface area contributed by atoms with Crippen LogP contribution in [-0.4, -0.2) is 44.7 Å². The van der Waals surface area contributed by atoms with Gasteiger partial charge in [0.05, 0.1) is 6.61 Å². The third kappa shape index (κ3) is 2.76. The third-order valence-corrected chi connectivity index (χ3v) is 3.27. The molecule has 1 aromatic heterocycles. The Balaban J connectivity index is 2.05. The molecule has 6 nitrogen and oxygen atoms in total. The van der Waals surface area contributed by atoms with Gasteiger partial charge in [-0.15, -0.1) is 0 Å². The Morgan fingerprint density at radius 3 is 2.89 bits per heavy atom. The summed E-state index contributed by atoms with van der Waals surface area (Å²) >= 11 is 0. The van der Waals surface area contributed by atoms with Crippen molar-refractivity contribution in [2.75, 3.05) is 13.2 Å². The van der Waals surface area contributed by atoms with Crippen LogP contribution in [-0.2, 0) is 11.3 Å². The fourth-order valence-electron chi connectivity index (χ4n) is 2.06. The zero-order valence-corrected chi connectivity index (χ0v) is 10.2. The van der Waals surface area contributed by atoms with Crippen LogP contribution in [0.3, 0.4) is 0 Å². The normalized spacial score (nSPS) is 15.2. The highest BCUT2D eigenvalue weighted by molar-refractivity contribution is 5.76. The van der Waals surface area contributed by atoms with Crippen LogP contribution in [0.1, 0.15) is 19.3 Å². The van der Waals surface area contributed by atoms with Gasteiger partial charge in [-0.05, 0) is 25.3 Å². The lowest BCUT2D eigenvalue weighted by atomic mass is 9.91. The Morgan fingerprint density at radius 1 is 1.56 bits per heavy atom. The summed E-state index contributed by atoms with van der Waals surface area (Å²) in [6, 6.07) is 1.84. The fourth-order valence-corrected chi connectivity index (χ4v) is 2.06. The molecular weight excluding hydrogens is 234 g/mol. The lowest BCUT2D eigenvalue weighted by Crippen LogP contribution is -2.47. The number of aromatic nitrogens is 2. The van der Waals surface area contributed by atoms with E-state index < -0.39 is 5.69 Å². The predicted octanol–water partition coefficient (Wildman–Crippen LogP) is -0.383. The minimum Gasteiger partial charge on any atom is -0.395 e. The summed E-state index contributed by atoms with van der Waals surface area (Å²) in [4.78, 5) is 28.8. The molecule has 0 aliphatic heterocycles. The molecule has 0 radical (unpaired) electrons. The van der Waals surface area contributed by atoms with E-state index in [-0.39, 0.29) is 25.1 Å². The van der Waals surface area contributed by atoms with Gasteiger partial charge < -0.3 is 10.0 Å². The summed E-state index contributed by atoms with van der Waals surface area (Å²) in [7, 11) is 0. The number of carbonyl (C=O) groups is 1. The highest BCUT2D eigenvalue weighted by Crippen LogP contribution is 2.24. The average Bonchev–Trinajstić information content (AvgIpc) is 2.29. The molecule has 6 heteroatoms. The van der Waals surface area contributed by atoms with E-state index in [1.165, 1.54) is 10.8 Å². The van der Waals surface area contributed by atoms with Gasteiger partial charge in [-0.3, -0.25) is 9.36 Å². The number of aliphatic hydroxyl groups is 1. The minimum absolute atomic E-state index is 0.0107. The van der Waals surface area contributed by atoms with E-state index in [4.69, 9.17) is 5.11 Å². The molecule has 0 saturated heterocycles. The van der Waals surface area contributed by atoms with Crippen molar-refractivity contribution in [2.45, 2.75) is 31.8 Å². The first-order valence-electron chi connectivity index (χ1n) is 6.14. The lowest BCUT2D eigenvalue weighted by molar-refractivity contribution is -0.136. The van der Waals surface area contributed by atoms with E-state index in [9.17, 15) is 9.59 Å². The van der Waals surface area contributed by atoms with Crippen molar-refractivity contribution in [2.24, 2.45) is 0 Å². The Morgan fingerprint density at radius 2 is 2.33 bits per heavy atom. The second kappa shape index (κ2) is 5.77. The molecule has 1 fully saturated rings. The molecule has 0 spiro atoms. The van der Waals surface area contributed by atoms with E-state index >= 15 is 0 Å². The SMILES string of the molecule is O=C(Cn1cccnc1=O)N(CCO)C1CCC1. The number of carbonyl (C=O) groups excluding carboxylic acids is 1. The van der Waals surface area contributed by atoms with E-state index in [0.29, 0.717) is 6.54 Å². The Bertz CT molecular complexity index is 468. The zero-order valence-electron chi connectivity index (χ0n) is 10.2. The van der Waals surface area contributed by atoms with Crippen LogP contribution in [0, 0.1) is 0 Å². The highest BCUT2D eigenvalue weighted by atomic mass is 16.3. The molecule has 0 unspecified atom stereocenters. The van der Waals surface area contributed by atoms with E-state index in [1.54, 1.807) is 17.2 Å². The molecule has 98 valence electrons. The van der Waals surface area contributed by atoms with E-state index in [1.807, 2.05) is 0 Å². The van der Waals surface area contributed by atoms with Gasteiger partial charge in [-0.2, -0.15) is 0 Å². The number of nitrogens with zero attached hydrogens (tertiary/aromatic N) is 3. The van der Waals surface area contributed by atoms with Crippen LogP contribution in [0.5, 0.6) is 0 Å². The highest BCUT2D eigenvalue weighted by Gasteiger charge is 2.28. The summed E-state index contributed by atoms with van der Waals surface area (Å²) in [6.07, 6.45) is 6.03. The molecule has 1 aliphatic rings. The van der Waals surface area contributed by atoms with Crippen molar-refractivity contribution in [3.8, 4) is 0 Å². The summed E-state index contributed by atoms with van der Waals surface area (Å²) in [5, 5.41) is 9.00. The largest absolute Gasteiger partial charge is 0.395 e. The zero-order chi connectivity index (χ0) is 13.0. The minimum atomic E-state index is -0.427. The fraction of sp³-hybridized carbons (Fsp3) is 0.583. The molecule has 0 bridgehead atoms. The predicted molar refractivity (Wildman–Crippen MR) is 64.9 cm³/mol. The average molecular weight is 251 g/mol. The molecule has 2 rings (SSSR count). The first-order valence-corrected chi connectivity index (χ1v) is 6.14. The van der Waals surface area contributed by atoms with Gasteiger partial charge in [0.15, 0.2) is 0 Å². The Kier molecular flexibility index (Phi) is 4.09. The molecule has 1 amide bonds. The topological polar surface area (TPSA) is 75.4 Å². The quantitative estimate of drug-likeness (QED) is 0.774. The number of aliphatic hydroxyl groups excluding tert-OH is 1. The summed E-state index contributed by atoms with van der Waals surface area (Å²) in [5.74, 6) is -0.135. The van der Waals surface area contributed by atoms with Crippen LogP contribution in [0.2, 0.25) is 0 Å². The molecule has 1 N–H and O–H groups in total. The van der Waals surface area contributed by atoms with Crippen LogP contribution in [0.25, 0.3) is 0 Å². The maximum absolute atomic E-state index is 12.1. The van der Waals surface area contributed by atoms with Crippen LogP contribution in [0.4, 0.5) is 0 Å². The van der Waals surface area contributed by atoms with Gasteiger partial charge in [0, 0.05) is 25.0 Å². The van der Waals surface area contributed by atoms with Crippen molar-refractivity contribution in [1.29, 1.82) is 0 Å². The molecule has 1 saturated carbocycles. The monoisotopic (exact) mass is 251 g/mol. The Hall–Kier alpha value is -1.69. The number of hydrogen-bond acceptors (Lipinski definition) is 4. The van der Waals surface area contributed by atoms with Crippen molar-refractivity contribution < 1.29 is 9.90 Å². The maximum Gasteiger partial charge on any atom is 0.347 e. The Labute approximate surface area is 105 Å². The van der Waals surface area contributed by atoms with Gasteiger partial charge in [0.25, 0.3) is 0 Å². The number of amides is 1. The molecular formula is C12H17N3O3. The van der Waals surface area contributed by atoms with Crippen LogP contribution >= 0.6 is 0 Å². The second-order valence-corrected chi connectivity index (χ2v) is 4.43. The molecule has 1 aliphatic carbocycles. The van der Waals surface area contributed by atoms with Gasteiger partial charge in [-0.1, -0.05) is 0 Å². The van der Waals surface area contributed by atoms with E-state index in [2.05, 4.69) is 4.98 Å². The standard InChI is InChI=1S/C12H17N3O3/c16-8-7-15(10-3-1-4-10)11(17)9-14-6-2-5-13-12(14)18/h2,5-6,10,16H,1,3-4,7-9H2. The molecule has 0 aromatic carbocycles. The third-order valence-electron chi connectivity index (χ3n) is 3.27. The van der Waals surface area contributed by atoms with Crippen molar-refractivity contribution in [3.63, 3.8) is 0 Å². The molecule has 1 aromatic rings. The van der Waals surface area contributed by atoms with Gasteiger partial charge in [0.2, 0.25) is 5.91 Å². The van der Waals surface area contributed by atoms with Crippen molar-refractivity contribution in [1.82, 2.24) is 14.5 Å². The van der Waals surface area contributed by atoms with Gasteiger partial charge in [0.1, 0.15) is 6.54 Å². The molecule has 0 atom stereocenters. The summed E-state index contributed by atoms with van der Waals surface area (Å²) < 4.78 is 1.28. The molecule has 1 heterocycles. The van der Waals surface area contributed by atoms with Crippen molar-refractivity contribution in [3.05, 3.63) is 28.9 Å². The number of rotatable bonds is 5. The molecule has 18 heavy (non-hydrogen) atoms. The smallest absolute Gasteiger partial charge is 0.347 e. The maximum atomic E-state index is 12.1. The first kappa shape index (κ1) is 12.8. The summed E-state index contributed by atoms with van der Waals surface area (Å²) in [6.45, 7) is 0.270. The summed E-state index contributed by atoms with van der Waals surface area (Å²) in [5.41, 5.74) is -0.427. The van der Waals surface area contributed by atoms with Gasteiger partial charge >= 0.3 is 5.69 Å². The first-order chi connectivity index (χ1) is 8.72. The second-order valence-electron chi connectivity index (χ2n) is 4.43. The van der Waals surface area contributed by atoms with Crippen LogP contribution < -0.4 is 5.69 Å². The van der Waals surface area contributed by atoms with Crippen LogP contribution in [0.15, 0.2) is 23.3 Å². The number of hydrogen-bond donors (Lipinski definition) is 1. The van der Waals surface area contributed by atoms with E-state index in [0.717, 1.165) is 19.3 Å². The van der Waals surface area contributed by atoms with Crippen molar-refractivity contribution >= 4 is 5.91 Å². The lowest BCUT2D eigenvalue weighted by Gasteiger charge is -2.37.